The van der Waals surface area contributed by atoms with Gasteiger partial charge in [-0.3, -0.25) is 4.55 Å². The molecule has 0 atom stereocenters. The summed E-state index contributed by atoms with van der Waals surface area (Å²) in [6.45, 7) is 2.25. The first-order valence-corrected chi connectivity index (χ1v) is 13.4. The fourth-order valence-corrected chi connectivity index (χ4v) is 4.43. The first-order valence-electron chi connectivity index (χ1n) is 12.0. The van der Waals surface area contributed by atoms with Gasteiger partial charge < -0.3 is 9.84 Å². The molecule has 2 rings (SSSR count). The number of benzene rings is 2. The van der Waals surface area contributed by atoms with Crippen molar-refractivity contribution in [2.75, 3.05) is 0 Å². The minimum Gasteiger partial charge on any atom is -0.869 e. The monoisotopic (exact) mass is 484 g/mol. The Hall–Kier alpha value is -1.05. The summed E-state index contributed by atoms with van der Waals surface area (Å²) in [5.41, 5.74) is 1.12. The molecule has 5 nitrogen and oxygen atoms in total. The maximum atomic E-state index is 12.2. The second-order valence-corrected chi connectivity index (χ2v) is 9.84. The average molecular weight is 485 g/mol. The molecular weight excluding hydrogens is 447 g/mol. The maximum absolute atomic E-state index is 12.2. The third-order valence-corrected chi connectivity index (χ3v) is 6.54. The molecule has 2 aromatic carbocycles. The second-order valence-electron chi connectivity index (χ2n) is 8.45. The Morgan fingerprint density at radius 1 is 0.818 bits per heavy atom. The van der Waals surface area contributed by atoms with Crippen molar-refractivity contribution in [3.8, 4) is 17.2 Å². The molecule has 0 fully saturated rings. The first kappa shape index (κ1) is 30.0. The van der Waals surface area contributed by atoms with Crippen LogP contribution >= 0.6 is 0 Å². The van der Waals surface area contributed by atoms with E-state index in [0.29, 0.717) is 5.75 Å². The standard InChI is InChI=1S/C26H38O5S.Na/c1-2-3-4-5-6-7-8-9-10-11-12-13-16-22-17-14-18-23(21-22)31-24-19-15-20-25(26(24)27)32(28,29)30;/h14-15,17-21,27H,2-13,16H2,1H3,(H,28,29,30);/q;+1/p-1. The molecule has 0 aliphatic heterocycles. The normalized spacial score (nSPS) is 11.2. The van der Waals surface area contributed by atoms with Crippen LogP contribution in [0.3, 0.4) is 0 Å². The third-order valence-electron chi connectivity index (χ3n) is 5.67. The van der Waals surface area contributed by atoms with Crippen molar-refractivity contribution in [1.82, 2.24) is 0 Å². The number of unbranched alkanes of at least 4 members (excludes halogenated alkanes) is 11. The molecule has 33 heavy (non-hydrogen) atoms. The first-order chi connectivity index (χ1) is 15.4. The summed E-state index contributed by atoms with van der Waals surface area (Å²) in [6.07, 6.45) is 16.7. The third kappa shape index (κ3) is 11.8. The van der Waals surface area contributed by atoms with Crippen LogP contribution in [0.2, 0.25) is 0 Å². The Labute approximate surface area is 222 Å². The van der Waals surface area contributed by atoms with E-state index in [0.717, 1.165) is 24.5 Å². The largest absolute Gasteiger partial charge is 1.00 e. The summed E-state index contributed by atoms with van der Waals surface area (Å²) in [5, 5.41) is 12.2. The minimum absolute atomic E-state index is 0. The van der Waals surface area contributed by atoms with Gasteiger partial charge in [0, 0.05) is 0 Å². The predicted octanol–water partition coefficient (Wildman–Crippen LogP) is 4.05. The van der Waals surface area contributed by atoms with E-state index in [4.69, 9.17) is 9.29 Å². The van der Waals surface area contributed by atoms with E-state index >= 15 is 0 Å². The maximum Gasteiger partial charge on any atom is 1.00 e. The smallest absolute Gasteiger partial charge is 0.869 e. The van der Waals surface area contributed by atoms with Crippen molar-refractivity contribution in [2.24, 2.45) is 0 Å². The zero-order valence-electron chi connectivity index (χ0n) is 20.2. The number of para-hydroxylation sites is 1. The number of hydrogen-bond acceptors (Lipinski definition) is 4. The van der Waals surface area contributed by atoms with Gasteiger partial charge in [0.25, 0.3) is 10.1 Å². The van der Waals surface area contributed by atoms with Crippen LogP contribution in [-0.2, 0) is 16.5 Å². The van der Waals surface area contributed by atoms with E-state index in [1.54, 1.807) is 6.07 Å². The summed E-state index contributed by atoms with van der Waals surface area (Å²) in [6, 6.07) is 11.3. The predicted molar refractivity (Wildman–Crippen MR) is 127 cm³/mol. The quantitative estimate of drug-likeness (QED) is 0.221. The summed E-state index contributed by atoms with van der Waals surface area (Å²) in [7, 11) is -4.58. The zero-order valence-corrected chi connectivity index (χ0v) is 23.0. The molecule has 0 saturated heterocycles. The molecule has 0 aliphatic carbocycles. The van der Waals surface area contributed by atoms with Crippen molar-refractivity contribution in [3.05, 3.63) is 48.0 Å². The minimum atomic E-state index is -4.58. The van der Waals surface area contributed by atoms with Gasteiger partial charge in [0.1, 0.15) is 11.5 Å². The van der Waals surface area contributed by atoms with Crippen molar-refractivity contribution in [1.29, 1.82) is 0 Å². The molecule has 0 spiro atoms. The van der Waals surface area contributed by atoms with Gasteiger partial charge in [0.05, 0.1) is 4.90 Å². The molecule has 0 unspecified atom stereocenters. The zero-order chi connectivity index (χ0) is 23.2. The average Bonchev–Trinajstić information content (AvgIpc) is 2.75. The molecule has 0 aromatic heterocycles. The fraction of sp³-hybridized carbons (Fsp3) is 0.538. The molecule has 178 valence electrons. The Bertz CT molecular complexity index is 915. The number of rotatable bonds is 16. The Morgan fingerprint density at radius 2 is 1.36 bits per heavy atom. The Kier molecular flexibility index (Phi) is 15.0. The van der Waals surface area contributed by atoms with Gasteiger partial charge in [-0.15, -0.1) is 0 Å². The summed E-state index contributed by atoms with van der Waals surface area (Å²) >= 11 is 0. The van der Waals surface area contributed by atoms with Crippen LogP contribution < -0.4 is 39.4 Å². The van der Waals surface area contributed by atoms with E-state index < -0.39 is 20.8 Å². The van der Waals surface area contributed by atoms with Gasteiger partial charge >= 0.3 is 29.6 Å². The van der Waals surface area contributed by atoms with E-state index in [2.05, 4.69) is 6.92 Å². The van der Waals surface area contributed by atoms with Crippen LogP contribution in [0, 0.1) is 0 Å². The topological polar surface area (TPSA) is 86.7 Å². The number of aryl methyl sites for hydroxylation is 1. The number of hydrogen-bond donors (Lipinski definition) is 1. The summed E-state index contributed by atoms with van der Waals surface area (Å²) < 4.78 is 37.4. The van der Waals surface area contributed by atoms with Crippen molar-refractivity contribution >= 4 is 10.1 Å². The second kappa shape index (κ2) is 16.6. The van der Waals surface area contributed by atoms with Crippen molar-refractivity contribution in [3.63, 3.8) is 0 Å². The summed E-state index contributed by atoms with van der Waals surface area (Å²) in [4.78, 5) is -0.678. The molecule has 0 amide bonds. The Morgan fingerprint density at radius 3 is 1.94 bits per heavy atom. The fourth-order valence-electron chi connectivity index (χ4n) is 3.84. The van der Waals surface area contributed by atoms with E-state index in [9.17, 15) is 13.5 Å². The van der Waals surface area contributed by atoms with Crippen LogP contribution in [0.5, 0.6) is 17.2 Å². The van der Waals surface area contributed by atoms with Gasteiger partial charge in [-0.2, -0.15) is 8.42 Å². The Balaban J connectivity index is 0.00000544. The van der Waals surface area contributed by atoms with Crippen LogP contribution in [-0.4, -0.2) is 13.0 Å². The number of ether oxygens (including phenoxy) is 1. The molecule has 0 saturated carbocycles. The molecular formula is C26H37NaO5S. The van der Waals surface area contributed by atoms with Crippen molar-refractivity contribution in [2.45, 2.75) is 95.3 Å². The van der Waals surface area contributed by atoms with Crippen LogP contribution in [0.4, 0.5) is 0 Å². The molecule has 0 radical (unpaired) electrons. The molecule has 1 N–H and O–H groups in total. The molecule has 7 heteroatoms. The van der Waals surface area contributed by atoms with Gasteiger partial charge in [0.15, 0.2) is 0 Å². The van der Waals surface area contributed by atoms with Crippen LogP contribution in [0.25, 0.3) is 0 Å². The van der Waals surface area contributed by atoms with Crippen LogP contribution in [0.15, 0.2) is 47.4 Å². The molecule has 0 heterocycles. The van der Waals surface area contributed by atoms with Gasteiger partial charge in [-0.1, -0.05) is 95.8 Å². The van der Waals surface area contributed by atoms with Gasteiger partial charge in [-0.05, 0) is 48.4 Å². The molecule has 2 aromatic rings. The van der Waals surface area contributed by atoms with Gasteiger partial charge in [0.2, 0.25) is 0 Å². The summed E-state index contributed by atoms with van der Waals surface area (Å²) in [5.74, 6) is -0.491. The van der Waals surface area contributed by atoms with E-state index in [1.807, 2.05) is 18.2 Å². The van der Waals surface area contributed by atoms with Crippen LogP contribution in [0.1, 0.15) is 89.5 Å². The molecule has 0 bridgehead atoms. The van der Waals surface area contributed by atoms with Gasteiger partial charge in [-0.25, -0.2) is 0 Å². The molecule has 0 aliphatic rings. The van der Waals surface area contributed by atoms with E-state index in [1.165, 1.54) is 82.8 Å². The SMILES string of the molecule is CCCCCCCCCCCCCCc1cccc(Oc2cccc(S(=O)(=O)O)c2[O-])c1.[Na+]. The van der Waals surface area contributed by atoms with Crippen molar-refractivity contribution < 1.29 is 52.4 Å². The van der Waals surface area contributed by atoms with E-state index in [-0.39, 0.29) is 35.3 Å².